The van der Waals surface area contributed by atoms with E-state index in [0.717, 1.165) is 31.4 Å². The van der Waals surface area contributed by atoms with Gasteiger partial charge < -0.3 is 20.3 Å². The van der Waals surface area contributed by atoms with Crippen molar-refractivity contribution in [2.24, 2.45) is 5.92 Å². The monoisotopic (exact) mass is 519 g/mol. The van der Waals surface area contributed by atoms with Gasteiger partial charge in [0.2, 0.25) is 0 Å². The fourth-order valence-electron chi connectivity index (χ4n) is 5.92. The molecule has 1 aliphatic heterocycles. The van der Waals surface area contributed by atoms with E-state index >= 15 is 4.39 Å². The second-order valence-corrected chi connectivity index (χ2v) is 10.6. The van der Waals surface area contributed by atoms with Gasteiger partial charge in [-0.05, 0) is 79.9 Å². The second kappa shape index (κ2) is 9.94. The van der Waals surface area contributed by atoms with Gasteiger partial charge in [0.05, 0.1) is 5.52 Å². The van der Waals surface area contributed by atoms with E-state index in [-0.39, 0.29) is 31.0 Å². The molecule has 1 amide bonds. The molecule has 3 atom stereocenters. The third kappa shape index (κ3) is 4.71. The van der Waals surface area contributed by atoms with E-state index in [2.05, 4.69) is 45.2 Å². The van der Waals surface area contributed by atoms with Gasteiger partial charge in [0.1, 0.15) is 18.2 Å². The number of carbonyl (C=O) groups excluding carboxylic acids is 1. The molecule has 198 valence electrons. The van der Waals surface area contributed by atoms with Crippen LogP contribution in [0.1, 0.15) is 36.3 Å². The summed E-state index contributed by atoms with van der Waals surface area (Å²) in [6.45, 7) is 4.86. The fourth-order valence-corrected chi connectivity index (χ4v) is 5.92. The number of anilines is 1. The van der Waals surface area contributed by atoms with E-state index in [0.29, 0.717) is 40.7 Å². The molecular weight excluding hydrogens is 488 g/mol. The van der Waals surface area contributed by atoms with Gasteiger partial charge in [0, 0.05) is 30.1 Å². The minimum absolute atomic E-state index is 0.135. The summed E-state index contributed by atoms with van der Waals surface area (Å²) in [4.78, 5) is 22.9. The van der Waals surface area contributed by atoms with Crippen LogP contribution in [0.3, 0.4) is 0 Å². The Morgan fingerprint density at radius 1 is 1.24 bits per heavy atom. The van der Waals surface area contributed by atoms with Crippen molar-refractivity contribution in [2.75, 3.05) is 38.6 Å². The van der Waals surface area contributed by atoms with E-state index < -0.39 is 11.7 Å². The molecule has 2 heterocycles. The number of rotatable bonds is 9. The van der Waals surface area contributed by atoms with Crippen molar-refractivity contribution in [1.29, 1.82) is 0 Å². The highest BCUT2D eigenvalue weighted by atomic mass is 19.1. The number of carbonyl (C=O) groups is 1. The number of ether oxygens (including phenoxy) is 1. The molecule has 7 nitrogen and oxygen atoms in total. The summed E-state index contributed by atoms with van der Waals surface area (Å²) in [6.07, 6.45) is 4.42. The molecule has 1 aromatic heterocycles. The van der Waals surface area contributed by atoms with E-state index in [9.17, 15) is 9.18 Å². The minimum atomic E-state index is -1.05. The number of aromatic nitrogens is 2. The predicted octanol–water partition coefficient (Wildman–Crippen LogP) is 4.58. The number of likely N-dealkylation sites (N-methyl/N-ethyl adjacent to an activating group) is 1. The van der Waals surface area contributed by atoms with Crippen molar-refractivity contribution in [3.63, 3.8) is 0 Å². The first-order valence-corrected chi connectivity index (χ1v) is 13.2. The first-order valence-electron chi connectivity index (χ1n) is 13.2. The second-order valence-electron chi connectivity index (χ2n) is 10.6. The molecule has 6 rings (SSSR count). The largest absolute Gasteiger partial charge is 0.462 e. The van der Waals surface area contributed by atoms with Crippen LogP contribution in [-0.2, 0) is 11.2 Å². The normalized spacial score (nSPS) is 21.7. The molecule has 3 aromatic rings. The van der Waals surface area contributed by atoms with Crippen molar-refractivity contribution < 1.29 is 18.3 Å². The average Bonchev–Trinajstić information content (AvgIpc) is 3.37. The van der Waals surface area contributed by atoms with Crippen molar-refractivity contribution in [3.05, 3.63) is 59.7 Å². The van der Waals surface area contributed by atoms with Gasteiger partial charge in [0.25, 0.3) is 5.91 Å². The minimum Gasteiger partial charge on any atom is -0.462 e. The summed E-state index contributed by atoms with van der Waals surface area (Å²) in [6, 6.07) is 9.89. The lowest BCUT2D eigenvalue weighted by Gasteiger charge is -2.19. The third-order valence-corrected chi connectivity index (χ3v) is 8.05. The molecule has 0 bridgehead atoms. The quantitative estimate of drug-likeness (QED) is 0.318. The number of hydrogen-bond donors (Lipinski definition) is 2. The number of benzene rings is 2. The molecular formula is C29H31F2N5O2. The summed E-state index contributed by atoms with van der Waals surface area (Å²) < 4.78 is 34.6. The van der Waals surface area contributed by atoms with Crippen molar-refractivity contribution in [1.82, 2.24) is 20.2 Å². The first-order chi connectivity index (χ1) is 18.4. The number of nitrogens with zero attached hydrogens (tertiary/aromatic N) is 3. The van der Waals surface area contributed by atoms with Crippen LogP contribution >= 0.6 is 0 Å². The molecule has 0 unspecified atom stereocenters. The number of amides is 1. The number of hydrogen-bond acceptors (Lipinski definition) is 6. The smallest absolute Gasteiger partial charge is 0.318 e. The maximum atomic E-state index is 15.6. The van der Waals surface area contributed by atoms with Crippen molar-refractivity contribution in [2.45, 2.75) is 37.6 Å². The van der Waals surface area contributed by atoms with Crippen LogP contribution in [0.25, 0.3) is 22.0 Å². The average molecular weight is 520 g/mol. The van der Waals surface area contributed by atoms with Crippen LogP contribution in [0.5, 0.6) is 6.01 Å². The highest BCUT2D eigenvalue weighted by Crippen LogP contribution is 2.58. The number of likely N-dealkylation sites (tertiary alicyclic amines) is 1. The van der Waals surface area contributed by atoms with Crippen LogP contribution < -0.4 is 15.4 Å². The van der Waals surface area contributed by atoms with Gasteiger partial charge in [-0.1, -0.05) is 24.8 Å². The first kappa shape index (κ1) is 24.7. The summed E-state index contributed by atoms with van der Waals surface area (Å²) in [5.74, 6) is -0.653. The van der Waals surface area contributed by atoms with E-state index in [1.54, 1.807) is 6.07 Å². The molecule has 1 saturated carbocycles. The van der Waals surface area contributed by atoms with Gasteiger partial charge in [0.15, 0.2) is 5.83 Å². The molecule has 38 heavy (non-hydrogen) atoms. The summed E-state index contributed by atoms with van der Waals surface area (Å²) in [5, 5.41) is 6.06. The van der Waals surface area contributed by atoms with Gasteiger partial charge >= 0.3 is 6.01 Å². The Morgan fingerprint density at radius 3 is 2.89 bits per heavy atom. The van der Waals surface area contributed by atoms with Gasteiger partial charge in [-0.25, -0.2) is 8.78 Å². The zero-order chi connectivity index (χ0) is 26.4. The van der Waals surface area contributed by atoms with Gasteiger partial charge in [-0.3, -0.25) is 4.79 Å². The molecule has 0 spiro atoms. The third-order valence-electron chi connectivity index (χ3n) is 8.05. The lowest BCUT2D eigenvalue weighted by atomic mass is 9.93. The topological polar surface area (TPSA) is 79.4 Å². The Hall–Kier alpha value is -3.59. The number of fused-ring (bicyclic) bond motifs is 4. The van der Waals surface area contributed by atoms with E-state index in [1.807, 2.05) is 12.1 Å². The predicted molar refractivity (Wildman–Crippen MR) is 142 cm³/mol. The number of halogens is 2. The fraction of sp³-hybridized carbons (Fsp3) is 0.414. The summed E-state index contributed by atoms with van der Waals surface area (Å²) in [5.41, 5.74) is 4.62. The standard InChI is InChI=1S/C29H31F2N5O2/c1-16(30)28(37)33-9-8-32-27-23-13-24(31)22(20-7-3-5-17-11-18-12-21(18)26(17)20)14-25(23)34-29(35-27)38-15-19-6-4-10-36(19)2/h3,5,7,13-14,18-19,21H,1,4,6,8-12,15H2,2H3,(H,33,37)(H,32,34,35)/t18-,19-,21+/m0/s1. The Balaban J connectivity index is 1.33. The summed E-state index contributed by atoms with van der Waals surface area (Å²) in [7, 11) is 2.08. The lowest BCUT2D eigenvalue weighted by Crippen LogP contribution is -2.31. The van der Waals surface area contributed by atoms with Crippen molar-refractivity contribution >= 4 is 22.6 Å². The Labute approximate surface area is 220 Å². The maximum Gasteiger partial charge on any atom is 0.318 e. The number of nitrogens with one attached hydrogen (secondary N) is 2. The molecule has 2 aliphatic carbocycles. The maximum absolute atomic E-state index is 15.6. The zero-order valence-electron chi connectivity index (χ0n) is 21.4. The molecule has 0 radical (unpaired) electrons. The van der Waals surface area contributed by atoms with E-state index in [4.69, 9.17) is 4.74 Å². The van der Waals surface area contributed by atoms with Gasteiger partial charge in [-0.2, -0.15) is 9.97 Å². The van der Waals surface area contributed by atoms with Crippen LogP contribution in [-0.4, -0.2) is 60.1 Å². The summed E-state index contributed by atoms with van der Waals surface area (Å²) >= 11 is 0. The highest BCUT2D eigenvalue weighted by molar-refractivity contribution is 5.93. The Kier molecular flexibility index (Phi) is 6.47. The molecule has 2 aromatic carbocycles. The van der Waals surface area contributed by atoms with Gasteiger partial charge in [-0.15, -0.1) is 0 Å². The SMILES string of the molecule is C=C(F)C(=O)NCCNc1nc(OC[C@@H]2CCCN2C)nc2cc(-c3cccc4c3[C@@H]3C[C@@H]3C4)c(F)cc12. The van der Waals surface area contributed by atoms with Crippen LogP contribution in [0.15, 0.2) is 42.7 Å². The molecule has 2 N–H and O–H groups in total. The Bertz CT molecular complexity index is 1430. The molecule has 2 fully saturated rings. The molecule has 9 heteroatoms. The van der Waals surface area contributed by atoms with Crippen LogP contribution in [0, 0.1) is 11.7 Å². The van der Waals surface area contributed by atoms with Crippen molar-refractivity contribution in [3.8, 4) is 17.1 Å². The molecule has 1 saturated heterocycles. The zero-order valence-corrected chi connectivity index (χ0v) is 21.4. The Morgan fingerprint density at radius 2 is 2.11 bits per heavy atom. The van der Waals surface area contributed by atoms with E-state index in [1.165, 1.54) is 23.6 Å². The van der Waals surface area contributed by atoms with Crippen LogP contribution in [0.2, 0.25) is 0 Å². The lowest BCUT2D eigenvalue weighted by molar-refractivity contribution is -0.118. The molecule has 3 aliphatic rings. The van der Waals surface area contributed by atoms with Crippen LogP contribution in [0.4, 0.5) is 14.6 Å². The highest BCUT2D eigenvalue weighted by Gasteiger charge is 2.46.